The van der Waals surface area contributed by atoms with Crippen LogP contribution in [-0.4, -0.2) is 46.5 Å². The van der Waals surface area contributed by atoms with E-state index in [1.165, 1.54) is 0 Å². The zero-order chi connectivity index (χ0) is 17.1. The molecule has 1 aromatic heterocycles. The van der Waals surface area contributed by atoms with E-state index in [4.69, 9.17) is 9.47 Å². The van der Waals surface area contributed by atoms with Crippen LogP contribution in [0.5, 0.6) is 0 Å². The molecular weight excluding hydrogens is 304 g/mol. The molecule has 2 fully saturated rings. The van der Waals surface area contributed by atoms with Crippen LogP contribution in [0.4, 0.5) is 11.6 Å². The minimum Gasteiger partial charge on any atom is -0.375 e. The van der Waals surface area contributed by atoms with E-state index < -0.39 is 0 Å². The number of ether oxygens (including phenoxy) is 2. The van der Waals surface area contributed by atoms with Crippen LogP contribution >= 0.6 is 0 Å². The molecule has 0 bridgehead atoms. The second-order valence-electron chi connectivity index (χ2n) is 7.43. The van der Waals surface area contributed by atoms with E-state index in [0.717, 1.165) is 37.3 Å². The number of rotatable bonds is 4. The Hall–Kier alpha value is -1.40. The highest BCUT2D eigenvalue weighted by Crippen LogP contribution is 2.24. The maximum Gasteiger partial charge on any atom is 0.131 e. The van der Waals surface area contributed by atoms with Crippen molar-refractivity contribution in [2.24, 2.45) is 0 Å². The third-order valence-electron chi connectivity index (χ3n) is 4.77. The van der Waals surface area contributed by atoms with E-state index in [2.05, 4.69) is 48.3 Å². The quantitative estimate of drug-likeness (QED) is 0.881. The summed E-state index contributed by atoms with van der Waals surface area (Å²) < 4.78 is 11.6. The standard InChI is InChI=1S/C18H30N4O2/c1-11-5-15(6-12(2)23-11)21-17-9-18(20-10-19-17)22-16-7-13(3)24-14(4)8-16/h9-16H,5-8H2,1-4H3,(H2,19,20,21,22)/t11-,12-,13+,14+. The van der Waals surface area contributed by atoms with Gasteiger partial charge in [-0.1, -0.05) is 0 Å². The molecule has 2 N–H and O–H groups in total. The average Bonchev–Trinajstić information content (AvgIpc) is 2.45. The van der Waals surface area contributed by atoms with Crippen molar-refractivity contribution >= 4 is 11.6 Å². The van der Waals surface area contributed by atoms with Gasteiger partial charge in [-0.3, -0.25) is 0 Å². The fraction of sp³-hybridized carbons (Fsp3) is 0.778. The van der Waals surface area contributed by atoms with E-state index >= 15 is 0 Å². The molecule has 4 atom stereocenters. The fourth-order valence-electron chi connectivity index (χ4n) is 3.98. The number of anilines is 2. The maximum absolute atomic E-state index is 5.80. The summed E-state index contributed by atoms with van der Waals surface area (Å²) in [5.74, 6) is 1.76. The normalized spacial score (nSPS) is 37.0. The number of nitrogens with zero attached hydrogens (tertiary/aromatic N) is 2. The lowest BCUT2D eigenvalue weighted by Gasteiger charge is -2.33. The summed E-state index contributed by atoms with van der Waals surface area (Å²) in [4.78, 5) is 8.76. The molecule has 2 aliphatic heterocycles. The summed E-state index contributed by atoms with van der Waals surface area (Å²) >= 11 is 0. The average molecular weight is 334 g/mol. The number of aromatic nitrogens is 2. The van der Waals surface area contributed by atoms with Crippen LogP contribution in [0.1, 0.15) is 53.4 Å². The van der Waals surface area contributed by atoms with Gasteiger partial charge in [0, 0.05) is 18.2 Å². The van der Waals surface area contributed by atoms with Crippen molar-refractivity contribution < 1.29 is 9.47 Å². The highest BCUT2D eigenvalue weighted by molar-refractivity contribution is 5.47. The van der Waals surface area contributed by atoms with Crippen molar-refractivity contribution in [1.82, 2.24) is 9.97 Å². The highest BCUT2D eigenvalue weighted by atomic mass is 16.5. The Kier molecular flexibility index (Phi) is 5.56. The van der Waals surface area contributed by atoms with Gasteiger partial charge in [-0.2, -0.15) is 0 Å². The van der Waals surface area contributed by atoms with Crippen molar-refractivity contribution in [1.29, 1.82) is 0 Å². The van der Waals surface area contributed by atoms with Crippen molar-refractivity contribution in [3.63, 3.8) is 0 Å². The molecule has 0 unspecified atom stereocenters. The van der Waals surface area contributed by atoms with Gasteiger partial charge in [-0.15, -0.1) is 0 Å². The van der Waals surface area contributed by atoms with Crippen LogP contribution in [-0.2, 0) is 9.47 Å². The molecule has 134 valence electrons. The molecule has 1 aromatic rings. The summed E-state index contributed by atoms with van der Waals surface area (Å²) in [5, 5.41) is 7.08. The van der Waals surface area contributed by atoms with Crippen LogP contribution in [0, 0.1) is 0 Å². The largest absolute Gasteiger partial charge is 0.375 e. The van der Waals surface area contributed by atoms with Gasteiger partial charge >= 0.3 is 0 Å². The Bertz CT molecular complexity index is 478. The first-order chi connectivity index (χ1) is 11.5. The molecular formula is C18H30N4O2. The predicted molar refractivity (Wildman–Crippen MR) is 95.3 cm³/mol. The van der Waals surface area contributed by atoms with Crippen molar-refractivity contribution in [2.75, 3.05) is 10.6 Å². The zero-order valence-corrected chi connectivity index (χ0v) is 15.2. The van der Waals surface area contributed by atoms with Gasteiger partial charge < -0.3 is 20.1 Å². The Morgan fingerprint density at radius 1 is 0.750 bits per heavy atom. The molecule has 0 aliphatic carbocycles. The summed E-state index contributed by atoms with van der Waals surface area (Å²) in [5.41, 5.74) is 0. The molecule has 3 rings (SSSR count). The van der Waals surface area contributed by atoms with E-state index in [1.54, 1.807) is 6.33 Å². The number of nitrogens with one attached hydrogen (secondary N) is 2. The van der Waals surface area contributed by atoms with Crippen LogP contribution in [0.2, 0.25) is 0 Å². The van der Waals surface area contributed by atoms with Crippen LogP contribution in [0.15, 0.2) is 12.4 Å². The Balaban J connectivity index is 1.59. The molecule has 0 spiro atoms. The third-order valence-corrected chi connectivity index (χ3v) is 4.77. The van der Waals surface area contributed by atoms with E-state index in [1.807, 2.05) is 6.07 Å². The topological polar surface area (TPSA) is 68.3 Å². The van der Waals surface area contributed by atoms with E-state index in [-0.39, 0.29) is 24.4 Å². The lowest BCUT2D eigenvalue weighted by Crippen LogP contribution is -2.37. The van der Waals surface area contributed by atoms with E-state index in [9.17, 15) is 0 Å². The summed E-state index contributed by atoms with van der Waals surface area (Å²) in [6.45, 7) is 8.52. The summed E-state index contributed by atoms with van der Waals surface area (Å²) in [7, 11) is 0. The monoisotopic (exact) mass is 334 g/mol. The van der Waals surface area contributed by atoms with Crippen LogP contribution in [0.25, 0.3) is 0 Å². The lowest BCUT2D eigenvalue weighted by atomic mass is 9.99. The molecule has 24 heavy (non-hydrogen) atoms. The fourth-order valence-corrected chi connectivity index (χ4v) is 3.98. The first-order valence-electron chi connectivity index (χ1n) is 9.14. The zero-order valence-electron chi connectivity index (χ0n) is 15.2. The molecule has 6 nitrogen and oxygen atoms in total. The van der Waals surface area contributed by atoms with Crippen molar-refractivity contribution in [3.8, 4) is 0 Å². The minimum atomic E-state index is 0.288. The number of hydrogen-bond donors (Lipinski definition) is 2. The second-order valence-corrected chi connectivity index (χ2v) is 7.43. The van der Waals surface area contributed by atoms with Gasteiger partial charge in [0.15, 0.2) is 0 Å². The van der Waals surface area contributed by atoms with Crippen molar-refractivity contribution in [3.05, 3.63) is 12.4 Å². The Labute approximate surface area is 144 Å². The molecule has 0 radical (unpaired) electrons. The third kappa shape index (κ3) is 4.80. The minimum absolute atomic E-state index is 0.288. The second kappa shape index (κ2) is 7.66. The van der Waals surface area contributed by atoms with Gasteiger partial charge in [0.05, 0.1) is 24.4 Å². The van der Waals surface area contributed by atoms with Gasteiger partial charge in [0.25, 0.3) is 0 Å². The van der Waals surface area contributed by atoms with Gasteiger partial charge in [-0.05, 0) is 53.4 Å². The van der Waals surface area contributed by atoms with Crippen LogP contribution < -0.4 is 10.6 Å². The summed E-state index contributed by atoms with van der Waals surface area (Å²) in [6.07, 6.45) is 6.80. The highest BCUT2D eigenvalue weighted by Gasteiger charge is 2.26. The van der Waals surface area contributed by atoms with E-state index in [0.29, 0.717) is 12.1 Å². The lowest BCUT2D eigenvalue weighted by molar-refractivity contribution is -0.0340. The molecule has 2 aliphatic rings. The molecule has 3 heterocycles. The number of hydrogen-bond acceptors (Lipinski definition) is 6. The molecule has 6 heteroatoms. The van der Waals surface area contributed by atoms with Crippen molar-refractivity contribution in [2.45, 2.75) is 89.9 Å². The van der Waals surface area contributed by atoms with Gasteiger partial charge in [0.1, 0.15) is 18.0 Å². The first kappa shape index (κ1) is 17.4. The smallest absolute Gasteiger partial charge is 0.131 e. The van der Waals surface area contributed by atoms with Gasteiger partial charge in [0.2, 0.25) is 0 Å². The maximum atomic E-state index is 5.80. The predicted octanol–water partition coefficient (Wildman–Crippen LogP) is 3.21. The molecule has 0 amide bonds. The van der Waals surface area contributed by atoms with Gasteiger partial charge in [-0.25, -0.2) is 9.97 Å². The molecule has 2 saturated heterocycles. The molecule has 0 aromatic carbocycles. The SMILES string of the molecule is C[C@@H]1CC(Nc2cc(NC3C[C@H](C)O[C@@H](C)C3)ncn2)C[C@@H](C)O1. The summed E-state index contributed by atoms with van der Waals surface area (Å²) in [6, 6.07) is 2.81. The molecule has 0 saturated carbocycles. The Morgan fingerprint density at radius 2 is 1.12 bits per heavy atom. The Morgan fingerprint density at radius 3 is 1.50 bits per heavy atom. The first-order valence-corrected chi connectivity index (χ1v) is 9.14. The van der Waals surface area contributed by atoms with Crippen LogP contribution in [0.3, 0.4) is 0 Å².